The summed E-state index contributed by atoms with van der Waals surface area (Å²) in [6, 6.07) is 5.15. The van der Waals surface area contributed by atoms with E-state index in [2.05, 4.69) is 20.4 Å². The zero-order chi connectivity index (χ0) is 20.5. The Morgan fingerprint density at radius 3 is 2.89 bits per heavy atom. The molecule has 0 saturated heterocycles. The Kier molecular flexibility index (Phi) is 7.50. The number of methoxy groups -OCH3 is 1. The summed E-state index contributed by atoms with van der Waals surface area (Å²) in [7, 11) is 1.52. The van der Waals surface area contributed by atoms with Crippen molar-refractivity contribution in [2.45, 2.75) is 27.2 Å². The molecule has 148 valence electrons. The van der Waals surface area contributed by atoms with Gasteiger partial charge in [-0.05, 0) is 18.6 Å². The predicted octanol–water partition coefficient (Wildman–Crippen LogP) is 3.43. The van der Waals surface area contributed by atoms with Crippen molar-refractivity contribution in [2.75, 3.05) is 24.7 Å². The van der Waals surface area contributed by atoms with E-state index in [9.17, 15) is 4.79 Å². The summed E-state index contributed by atoms with van der Waals surface area (Å²) >= 11 is 0. The Morgan fingerprint density at radius 2 is 2.18 bits per heavy atom. The predicted molar refractivity (Wildman–Crippen MR) is 112 cm³/mol. The Labute approximate surface area is 164 Å². The number of amides is 1. The second-order valence-corrected chi connectivity index (χ2v) is 5.62. The molecule has 1 aromatic carbocycles. The van der Waals surface area contributed by atoms with Crippen LogP contribution in [0.25, 0.3) is 5.65 Å². The third-order valence-corrected chi connectivity index (χ3v) is 3.76. The van der Waals surface area contributed by atoms with Crippen molar-refractivity contribution in [3.63, 3.8) is 0 Å². The first-order chi connectivity index (χ1) is 13.6. The number of ether oxygens (including phenoxy) is 1. The van der Waals surface area contributed by atoms with Crippen molar-refractivity contribution in [3.05, 3.63) is 47.9 Å². The Balaban J connectivity index is 0.00000136. The number of fused-ring (bicyclic) bond motifs is 1. The zero-order valence-electron chi connectivity index (χ0n) is 16.6. The number of carbonyl (C=O) groups excluding carboxylic acids is 1. The molecule has 28 heavy (non-hydrogen) atoms. The molecule has 0 aliphatic rings. The molecule has 0 unspecified atom stereocenters. The number of anilines is 2. The van der Waals surface area contributed by atoms with E-state index in [1.54, 1.807) is 36.8 Å². The lowest BCUT2D eigenvalue weighted by Gasteiger charge is -2.12. The molecule has 3 aromatic rings. The van der Waals surface area contributed by atoms with E-state index in [1.807, 2.05) is 20.8 Å². The van der Waals surface area contributed by atoms with E-state index in [1.165, 1.54) is 17.8 Å². The number of hydrogen-bond donors (Lipinski definition) is 2. The smallest absolute Gasteiger partial charge is 0.261 e. The molecule has 0 saturated carbocycles. The maximum atomic E-state index is 12.7. The van der Waals surface area contributed by atoms with Gasteiger partial charge in [-0.25, -0.2) is 9.50 Å². The summed E-state index contributed by atoms with van der Waals surface area (Å²) in [5, 5.41) is 6.97. The SMILES string of the molecule is CC.CCCN=Cc1cc(NC(=O)c2cnn3cccnc23)c(OC)cc1N. The van der Waals surface area contributed by atoms with Gasteiger partial charge < -0.3 is 15.8 Å². The topological polar surface area (TPSA) is 107 Å². The molecule has 0 bridgehead atoms. The van der Waals surface area contributed by atoms with Gasteiger partial charge in [-0.1, -0.05) is 20.8 Å². The first-order valence-corrected chi connectivity index (χ1v) is 9.21. The van der Waals surface area contributed by atoms with Crippen molar-refractivity contribution < 1.29 is 9.53 Å². The highest BCUT2D eigenvalue weighted by atomic mass is 16.5. The third kappa shape index (κ3) is 4.64. The molecule has 8 nitrogen and oxygen atoms in total. The van der Waals surface area contributed by atoms with Gasteiger partial charge in [-0.3, -0.25) is 9.79 Å². The zero-order valence-corrected chi connectivity index (χ0v) is 16.6. The molecule has 8 heteroatoms. The van der Waals surface area contributed by atoms with Gasteiger partial charge in [-0.2, -0.15) is 5.10 Å². The molecule has 2 aromatic heterocycles. The summed E-state index contributed by atoms with van der Waals surface area (Å²) in [6.45, 7) is 6.76. The first-order valence-electron chi connectivity index (χ1n) is 9.21. The van der Waals surface area contributed by atoms with E-state index in [4.69, 9.17) is 10.5 Å². The maximum absolute atomic E-state index is 12.7. The Hall–Kier alpha value is -3.42. The first kappa shape index (κ1) is 20.9. The van der Waals surface area contributed by atoms with E-state index in [-0.39, 0.29) is 5.91 Å². The average Bonchev–Trinajstić information content (AvgIpc) is 3.16. The molecule has 0 aliphatic carbocycles. The van der Waals surface area contributed by atoms with Gasteiger partial charge in [0.2, 0.25) is 0 Å². The average molecular weight is 382 g/mol. The van der Waals surface area contributed by atoms with Gasteiger partial charge in [0.1, 0.15) is 11.3 Å². The van der Waals surface area contributed by atoms with Crippen molar-refractivity contribution >= 4 is 29.1 Å². The lowest BCUT2D eigenvalue weighted by atomic mass is 10.1. The molecule has 3 N–H and O–H groups in total. The highest BCUT2D eigenvalue weighted by molar-refractivity contribution is 6.09. The van der Waals surface area contributed by atoms with Crippen LogP contribution in [0.2, 0.25) is 0 Å². The third-order valence-electron chi connectivity index (χ3n) is 3.76. The van der Waals surface area contributed by atoms with Crippen molar-refractivity contribution in [2.24, 2.45) is 4.99 Å². The number of carbonyl (C=O) groups is 1. The number of aliphatic imine (C=N–C) groups is 1. The second-order valence-electron chi connectivity index (χ2n) is 5.62. The number of benzene rings is 1. The van der Waals surface area contributed by atoms with E-state index < -0.39 is 0 Å². The van der Waals surface area contributed by atoms with Gasteiger partial charge in [-0.15, -0.1) is 0 Å². The molecule has 0 spiro atoms. The van der Waals surface area contributed by atoms with Gasteiger partial charge in [0.05, 0.1) is 19.0 Å². The van der Waals surface area contributed by atoms with Crippen LogP contribution in [-0.4, -0.2) is 40.4 Å². The van der Waals surface area contributed by atoms with Crippen LogP contribution in [0.15, 0.2) is 41.8 Å². The largest absolute Gasteiger partial charge is 0.494 e. The van der Waals surface area contributed by atoms with Crippen molar-refractivity contribution in [3.8, 4) is 5.75 Å². The lowest BCUT2D eigenvalue weighted by Crippen LogP contribution is -2.13. The van der Waals surface area contributed by atoms with Gasteiger partial charge in [0.25, 0.3) is 5.91 Å². The van der Waals surface area contributed by atoms with Crippen LogP contribution in [0.1, 0.15) is 43.1 Å². The van der Waals surface area contributed by atoms with Crippen LogP contribution < -0.4 is 15.8 Å². The summed E-state index contributed by atoms with van der Waals surface area (Å²) in [4.78, 5) is 21.2. The summed E-state index contributed by atoms with van der Waals surface area (Å²) in [6.07, 6.45) is 7.46. The molecule has 0 atom stereocenters. The second kappa shape index (κ2) is 10.1. The van der Waals surface area contributed by atoms with Crippen LogP contribution in [0.5, 0.6) is 5.75 Å². The highest BCUT2D eigenvalue weighted by Gasteiger charge is 2.16. The van der Waals surface area contributed by atoms with E-state index in [0.717, 1.165) is 6.42 Å². The molecule has 0 radical (unpaired) electrons. The minimum absolute atomic E-state index is 0.335. The van der Waals surface area contributed by atoms with E-state index >= 15 is 0 Å². The van der Waals surface area contributed by atoms with E-state index in [0.29, 0.717) is 40.4 Å². The van der Waals surface area contributed by atoms with Crippen LogP contribution >= 0.6 is 0 Å². The molecular formula is C20H26N6O2. The van der Waals surface area contributed by atoms with Crippen LogP contribution in [-0.2, 0) is 0 Å². The number of nitrogens with one attached hydrogen (secondary N) is 1. The molecule has 3 rings (SSSR count). The standard InChI is InChI=1S/C18H20N6O2.C2H6/c1-3-5-20-10-12-8-15(16(26-2)9-14(12)19)23-18(25)13-11-22-24-7-4-6-21-17(13)24;1-2/h4,6-11H,3,5,19H2,1-2H3,(H,23,25);1-2H3. The van der Waals surface area contributed by atoms with Crippen LogP contribution in [0.4, 0.5) is 11.4 Å². The number of nitrogens with two attached hydrogens (primary N) is 1. The number of hydrogen-bond acceptors (Lipinski definition) is 6. The number of nitrogen functional groups attached to an aromatic ring is 1. The minimum atomic E-state index is -0.335. The molecule has 1 amide bonds. The summed E-state index contributed by atoms with van der Waals surface area (Å²) in [5.74, 6) is 0.131. The quantitative estimate of drug-likeness (QED) is 0.502. The fraction of sp³-hybridized carbons (Fsp3) is 0.300. The molecular weight excluding hydrogens is 356 g/mol. The Morgan fingerprint density at radius 1 is 1.39 bits per heavy atom. The van der Waals surface area contributed by atoms with Gasteiger partial charge in [0.15, 0.2) is 5.65 Å². The fourth-order valence-corrected chi connectivity index (χ4v) is 2.46. The van der Waals surface area contributed by atoms with Crippen molar-refractivity contribution in [1.29, 1.82) is 0 Å². The lowest BCUT2D eigenvalue weighted by molar-refractivity contribution is 0.102. The fourth-order valence-electron chi connectivity index (χ4n) is 2.46. The summed E-state index contributed by atoms with van der Waals surface area (Å²) < 4.78 is 6.88. The molecule has 2 heterocycles. The van der Waals surface area contributed by atoms with Crippen molar-refractivity contribution in [1.82, 2.24) is 14.6 Å². The van der Waals surface area contributed by atoms with Gasteiger partial charge in [0, 0.05) is 42.5 Å². The molecule has 0 fully saturated rings. The maximum Gasteiger partial charge on any atom is 0.261 e. The molecule has 0 aliphatic heterocycles. The highest BCUT2D eigenvalue weighted by Crippen LogP contribution is 2.30. The minimum Gasteiger partial charge on any atom is -0.494 e. The van der Waals surface area contributed by atoms with Crippen LogP contribution in [0.3, 0.4) is 0 Å². The summed E-state index contributed by atoms with van der Waals surface area (Å²) in [5.41, 5.74) is 8.62. The number of nitrogens with zero attached hydrogens (tertiary/aromatic N) is 4. The van der Waals surface area contributed by atoms with Gasteiger partial charge >= 0.3 is 0 Å². The number of aromatic nitrogens is 3. The van der Waals surface area contributed by atoms with Crippen LogP contribution in [0, 0.1) is 0 Å². The Bertz CT molecular complexity index is 964. The number of rotatable bonds is 6. The normalized spacial score (nSPS) is 10.6. The monoisotopic (exact) mass is 382 g/mol.